The Labute approximate surface area is 129 Å². The number of hydrogen-bond acceptors (Lipinski definition) is 5. The number of hydrogen-bond donors (Lipinski definition) is 2. The van der Waals surface area contributed by atoms with E-state index in [1.54, 1.807) is 11.5 Å². The van der Waals surface area contributed by atoms with Gasteiger partial charge in [0.15, 0.2) is 5.96 Å². The van der Waals surface area contributed by atoms with E-state index in [0.717, 1.165) is 5.96 Å². The molecule has 2 aliphatic rings. The third kappa shape index (κ3) is 2.96. The predicted molar refractivity (Wildman–Crippen MR) is 85.7 cm³/mol. The number of aromatic nitrogens is 1. The Morgan fingerprint density at radius 3 is 3.00 bits per heavy atom. The standard InChI is InChI=1S/C12H18N4S.HI/c1-8(11-6-7-13-17-11)14-12-15-9-4-2-3-5-10(9)16-12;/h6-10H,2-5H2,1H3,(H2,14,15,16);1H/t8?,9-,10-;/m1./s1. The molecule has 1 aliphatic carbocycles. The normalized spacial score (nSPS) is 27.5. The molecule has 18 heavy (non-hydrogen) atoms. The second-order valence-electron chi connectivity index (χ2n) is 4.86. The molecule has 1 fully saturated rings. The van der Waals surface area contributed by atoms with E-state index in [4.69, 9.17) is 4.99 Å². The van der Waals surface area contributed by atoms with Gasteiger partial charge in [0.25, 0.3) is 0 Å². The van der Waals surface area contributed by atoms with E-state index in [0.29, 0.717) is 12.1 Å². The molecule has 1 aromatic rings. The molecular weight excluding hydrogens is 359 g/mol. The largest absolute Gasteiger partial charge is 0.351 e. The van der Waals surface area contributed by atoms with Crippen LogP contribution in [0.4, 0.5) is 0 Å². The van der Waals surface area contributed by atoms with Gasteiger partial charge in [0, 0.05) is 11.1 Å². The highest BCUT2D eigenvalue weighted by molar-refractivity contribution is 14.0. The summed E-state index contributed by atoms with van der Waals surface area (Å²) in [5.41, 5.74) is 0. The van der Waals surface area contributed by atoms with Crippen molar-refractivity contribution in [1.82, 2.24) is 15.0 Å². The molecule has 0 saturated heterocycles. The molecule has 4 nitrogen and oxygen atoms in total. The van der Waals surface area contributed by atoms with Gasteiger partial charge >= 0.3 is 0 Å². The number of nitrogens with one attached hydrogen (secondary N) is 2. The van der Waals surface area contributed by atoms with Crippen molar-refractivity contribution < 1.29 is 0 Å². The molecule has 2 heterocycles. The Morgan fingerprint density at radius 1 is 1.44 bits per heavy atom. The Hall–Kier alpha value is -0.370. The zero-order valence-electron chi connectivity index (χ0n) is 10.4. The number of aliphatic imine (C=N–C) groups is 1. The molecule has 0 radical (unpaired) electrons. The lowest BCUT2D eigenvalue weighted by atomic mass is 9.92. The van der Waals surface area contributed by atoms with Crippen LogP contribution in [0.15, 0.2) is 17.3 Å². The van der Waals surface area contributed by atoms with Crippen molar-refractivity contribution in [2.24, 2.45) is 4.99 Å². The summed E-state index contributed by atoms with van der Waals surface area (Å²) in [6.45, 7) is 2.15. The van der Waals surface area contributed by atoms with Gasteiger partial charge in [0.05, 0.1) is 18.1 Å². The number of halogens is 1. The second-order valence-corrected chi connectivity index (χ2v) is 5.73. The molecule has 0 aromatic carbocycles. The maximum atomic E-state index is 4.74. The zero-order chi connectivity index (χ0) is 11.7. The first-order valence-electron chi connectivity index (χ1n) is 6.34. The average Bonchev–Trinajstić information content (AvgIpc) is 2.97. The van der Waals surface area contributed by atoms with Gasteiger partial charge < -0.3 is 10.6 Å². The van der Waals surface area contributed by atoms with Gasteiger partial charge in [-0.3, -0.25) is 0 Å². The van der Waals surface area contributed by atoms with Crippen molar-refractivity contribution in [2.75, 3.05) is 0 Å². The summed E-state index contributed by atoms with van der Waals surface area (Å²) in [4.78, 5) is 5.99. The van der Waals surface area contributed by atoms with E-state index in [9.17, 15) is 0 Å². The lowest BCUT2D eigenvalue weighted by molar-refractivity contribution is 0.384. The van der Waals surface area contributed by atoms with Crippen molar-refractivity contribution in [3.63, 3.8) is 0 Å². The van der Waals surface area contributed by atoms with Crippen LogP contribution in [0.5, 0.6) is 0 Å². The summed E-state index contributed by atoms with van der Waals surface area (Å²) in [7, 11) is 0. The van der Waals surface area contributed by atoms with Gasteiger partial charge in [0.2, 0.25) is 0 Å². The first-order valence-corrected chi connectivity index (χ1v) is 7.12. The van der Waals surface area contributed by atoms with Crippen LogP contribution >= 0.6 is 35.5 Å². The molecule has 3 atom stereocenters. The van der Waals surface area contributed by atoms with E-state index in [-0.39, 0.29) is 30.0 Å². The first-order chi connectivity index (χ1) is 8.33. The van der Waals surface area contributed by atoms with Crippen LogP contribution in [0.1, 0.15) is 43.5 Å². The van der Waals surface area contributed by atoms with Crippen molar-refractivity contribution in [1.29, 1.82) is 0 Å². The topological polar surface area (TPSA) is 49.3 Å². The number of guanidine groups is 1. The quantitative estimate of drug-likeness (QED) is 0.779. The minimum absolute atomic E-state index is 0. The third-order valence-corrected chi connectivity index (χ3v) is 4.51. The Morgan fingerprint density at radius 2 is 2.28 bits per heavy atom. The highest BCUT2D eigenvalue weighted by Gasteiger charge is 2.31. The van der Waals surface area contributed by atoms with E-state index in [1.165, 1.54) is 30.6 Å². The number of fused-ring (bicyclic) bond motifs is 1. The van der Waals surface area contributed by atoms with E-state index in [2.05, 4.69) is 28.0 Å². The summed E-state index contributed by atoms with van der Waals surface area (Å²) in [5, 5.41) is 6.96. The molecular formula is C12H19IN4S. The van der Waals surface area contributed by atoms with Gasteiger partial charge in [-0.05, 0) is 37.4 Å². The van der Waals surface area contributed by atoms with Crippen molar-refractivity contribution in [3.05, 3.63) is 17.1 Å². The van der Waals surface area contributed by atoms with Gasteiger partial charge in [-0.15, -0.1) is 24.0 Å². The van der Waals surface area contributed by atoms with E-state index < -0.39 is 0 Å². The van der Waals surface area contributed by atoms with Crippen molar-refractivity contribution in [2.45, 2.75) is 50.7 Å². The summed E-state index contributed by atoms with van der Waals surface area (Å²) in [5.74, 6) is 0.975. The van der Waals surface area contributed by atoms with Gasteiger partial charge in [-0.2, -0.15) is 0 Å². The van der Waals surface area contributed by atoms with Crippen LogP contribution in [-0.2, 0) is 0 Å². The third-order valence-electron chi connectivity index (χ3n) is 3.58. The SMILES string of the molecule is CC(NC1=N[C@@H]2CCCC[C@H]2N1)c1ccns1.I. The molecule has 3 rings (SSSR count). The Balaban J connectivity index is 0.00000120. The van der Waals surface area contributed by atoms with E-state index in [1.807, 2.05) is 6.20 Å². The van der Waals surface area contributed by atoms with Gasteiger partial charge in [-0.25, -0.2) is 9.37 Å². The van der Waals surface area contributed by atoms with Crippen LogP contribution in [0, 0.1) is 0 Å². The number of rotatable bonds is 2. The van der Waals surface area contributed by atoms with Crippen LogP contribution in [0.3, 0.4) is 0 Å². The lowest BCUT2D eigenvalue weighted by Crippen LogP contribution is -2.42. The van der Waals surface area contributed by atoms with Crippen LogP contribution < -0.4 is 10.6 Å². The molecule has 0 bridgehead atoms. The van der Waals surface area contributed by atoms with Crippen LogP contribution in [-0.4, -0.2) is 22.4 Å². The minimum Gasteiger partial charge on any atom is -0.351 e. The predicted octanol–water partition coefficient (Wildman–Crippen LogP) is 2.68. The number of nitrogens with zero attached hydrogens (tertiary/aromatic N) is 2. The summed E-state index contributed by atoms with van der Waals surface area (Å²) in [6, 6.07) is 3.42. The zero-order valence-corrected chi connectivity index (χ0v) is 13.6. The Kier molecular flexibility index (Phi) is 4.83. The first kappa shape index (κ1) is 14.0. The molecule has 0 spiro atoms. The fraction of sp³-hybridized carbons (Fsp3) is 0.667. The molecule has 1 aromatic heterocycles. The summed E-state index contributed by atoms with van der Waals surface area (Å²) < 4.78 is 4.13. The highest BCUT2D eigenvalue weighted by atomic mass is 127. The molecule has 2 N–H and O–H groups in total. The van der Waals surface area contributed by atoms with E-state index >= 15 is 0 Å². The summed E-state index contributed by atoms with van der Waals surface area (Å²) >= 11 is 1.54. The average molecular weight is 378 g/mol. The van der Waals surface area contributed by atoms with Crippen LogP contribution in [0.25, 0.3) is 0 Å². The fourth-order valence-electron chi connectivity index (χ4n) is 2.62. The molecule has 1 saturated carbocycles. The Bertz CT molecular complexity index is 406. The smallest absolute Gasteiger partial charge is 0.192 e. The van der Waals surface area contributed by atoms with Crippen molar-refractivity contribution >= 4 is 41.5 Å². The summed E-state index contributed by atoms with van der Waals surface area (Å²) in [6.07, 6.45) is 7.00. The monoisotopic (exact) mass is 378 g/mol. The molecule has 100 valence electrons. The van der Waals surface area contributed by atoms with Crippen LogP contribution in [0.2, 0.25) is 0 Å². The maximum Gasteiger partial charge on any atom is 0.192 e. The van der Waals surface area contributed by atoms with Gasteiger partial charge in [0.1, 0.15) is 0 Å². The molecule has 1 aliphatic heterocycles. The molecule has 1 unspecified atom stereocenters. The minimum atomic E-state index is 0. The lowest BCUT2D eigenvalue weighted by Gasteiger charge is -2.23. The van der Waals surface area contributed by atoms with Gasteiger partial charge in [-0.1, -0.05) is 12.8 Å². The maximum absolute atomic E-state index is 4.74. The fourth-order valence-corrected chi connectivity index (χ4v) is 3.20. The molecule has 6 heteroatoms. The molecule has 0 amide bonds. The van der Waals surface area contributed by atoms with Crippen molar-refractivity contribution in [3.8, 4) is 0 Å². The highest BCUT2D eigenvalue weighted by Crippen LogP contribution is 2.25. The second kappa shape index (κ2) is 6.18.